The van der Waals surface area contributed by atoms with Gasteiger partial charge in [-0.15, -0.1) is 0 Å². The minimum absolute atomic E-state index is 0.100. The number of nitrogens with zero attached hydrogens (tertiary/aromatic N) is 2. The first-order valence-corrected chi connectivity index (χ1v) is 7.61. The first-order valence-electron chi connectivity index (χ1n) is 7.61. The predicted octanol–water partition coefficient (Wildman–Crippen LogP) is 3.41. The molecule has 0 aliphatic rings. The molecule has 1 heterocycles. The van der Waals surface area contributed by atoms with Gasteiger partial charge >= 0.3 is 12.1 Å². The summed E-state index contributed by atoms with van der Waals surface area (Å²) in [6, 6.07) is 6.86. The fraction of sp³-hybridized carbons (Fsp3) is 0.235. The highest BCUT2D eigenvalue weighted by Gasteiger charge is 2.30. The summed E-state index contributed by atoms with van der Waals surface area (Å²) >= 11 is 0. The lowest BCUT2D eigenvalue weighted by Gasteiger charge is -2.15. The Balaban J connectivity index is 2.17. The van der Waals surface area contributed by atoms with Crippen molar-refractivity contribution >= 4 is 18.0 Å². The van der Waals surface area contributed by atoms with Crippen molar-refractivity contribution in [2.45, 2.75) is 19.2 Å². The number of rotatable bonds is 7. The summed E-state index contributed by atoms with van der Waals surface area (Å²) in [5.41, 5.74) is 2.02. The molecule has 0 aliphatic carbocycles. The number of aromatic nitrogens is 1. The Hall–Kier alpha value is -3.30. The highest BCUT2D eigenvalue weighted by Crippen LogP contribution is 2.31. The van der Waals surface area contributed by atoms with E-state index in [1.807, 2.05) is 0 Å². The lowest BCUT2D eigenvalue weighted by Crippen LogP contribution is -2.23. The van der Waals surface area contributed by atoms with Gasteiger partial charge in [0.05, 0.1) is 18.9 Å². The number of pyridine rings is 1. The molecule has 0 amide bonds. The number of methoxy groups -OCH3 is 1. The van der Waals surface area contributed by atoms with Crippen LogP contribution in [0.4, 0.5) is 19.0 Å². The van der Waals surface area contributed by atoms with Gasteiger partial charge in [0.15, 0.2) is 17.6 Å². The number of para-hydroxylation sites is 1. The number of hydrogen-bond acceptors (Lipinski definition) is 6. The molecule has 2 N–H and O–H groups in total. The van der Waals surface area contributed by atoms with Gasteiger partial charge in [-0.2, -0.15) is 18.3 Å². The molecule has 0 saturated heterocycles. The minimum atomic E-state index is -4.47. The van der Waals surface area contributed by atoms with Gasteiger partial charge in [-0.3, -0.25) is 5.43 Å². The Labute approximate surface area is 152 Å². The zero-order valence-corrected chi connectivity index (χ0v) is 14.3. The van der Waals surface area contributed by atoms with E-state index in [1.165, 1.54) is 20.2 Å². The van der Waals surface area contributed by atoms with E-state index in [9.17, 15) is 18.0 Å². The number of hydrogen-bond donors (Lipinski definition) is 2. The van der Waals surface area contributed by atoms with Crippen molar-refractivity contribution in [1.82, 2.24) is 4.98 Å². The molecule has 1 aromatic heterocycles. The average Bonchev–Trinajstić information content (AvgIpc) is 2.62. The summed E-state index contributed by atoms with van der Waals surface area (Å²) in [4.78, 5) is 14.6. The zero-order chi connectivity index (χ0) is 20.0. The van der Waals surface area contributed by atoms with Crippen LogP contribution in [0.5, 0.6) is 11.5 Å². The van der Waals surface area contributed by atoms with Crippen LogP contribution in [-0.2, 0) is 11.0 Å². The van der Waals surface area contributed by atoms with E-state index in [1.54, 1.807) is 18.2 Å². The van der Waals surface area contributed by atoms with Crippen LogP contribution in [-0.4, -0.2) is 35.5 Å². The lowest BCUT2D eigenvalue weighted by molar-refractivity contribution is -0.144. The third-order valence-corrected chi connectivity index (χ3v) is 3.35. The Morgan fingerprint density at radius 1 is 1.33 bits per heavy atom. The van der Waals surface area contributed by atoms with Crippen LogP contribution in [0.25, 0.3) is 0 Å². The number of halogens is 3. The normalized spacial score (nSPS) is 12.6. The summed E-state index contributed by atoms with van der Waals surface area (Å²) in [6.07, 6.45) is -3.60. The van der Waals surface area contributed by atoms with Gasteiger partial charge in [0.2, 0.25) is 0 Å². The average molecular weight is 383 g/mol. The number of aliphatic carboxylic acids is 1. The van der Waals surface area contributed by atoms with Crippen molar-refractivity contribution in [1.29, 1.82) is 0 Å². The number of alkyl halides is 3. The SMILES string of the molecule is COc1cccc(/C=N/Nc2ccc(C(F)(F)F)cn2)c1O[C@H](C)C(=O)O. The molecule has 0 radical (unpaired) electrons. The number of nitrogens with one attached hydrogen (secondary N) is 1. The smallest absolute Gasteiger partial charge is 0.417 e. The van der Waals surface area contributed by atoms with Crippen molar-refractivity contribution in [3.8, 4) is 11.5 Å². The van der Waals surface area contributed by atoms with Crippen LogP contribution >= 0.6 is 0 Å². The van der Waals surface area contributed by atoms with E-state index in [-0.39, 0.29) is 11.6 Å². The standard InChI is InChI=1S/C17H16F3N3O4/c1-10(16(24)25)27-15-11(4-3-5-13(15)26-2)8-22-23-14-7-6-12(9-21-14)17(18,19)20/h3-10H,1-2H3,(H,21,23)(H,24,25)/b22-8+/t10-/m1/s1. The minimum Gasteiger partial charge on any atom is -0.493 e. The molecule has 1 aromatic carbocycles. The van der Waals surface area contributed by atoms with E-state index < -0.39 is 23.8 Å². The molecule has 0 aliphatic heterocycles. The van der Waals surface area contributed by atoms with Crippen LogP contribution in [0.1, 0.15) is 18.1 Å². The van der Waals surface area contributed by atoms with Crippen molar-refractivity contribution < 1.29 is 32.5 Å². The van der Waals surface area contributed by atoms with Gasteiger partial charge < -0.3 is 14.6 Å². The second-order valence-corrected chi connectivity index (χ2v) is 5.28. The number of anilines is 1. The maximum Gasteiger partial charge on any atom is 0.417 e. The maximum atomic E-state index is 12.5. The van der Waals surface area contributed by atoms with Gasteiger partial charge in [-0.1, -0.05) is 6.07 Å². The number of ether oxygens (including phenoxy) is 2. The third kappa shape index (κ3) is 5.33. The van der Waals surface area contributed by atoms with Crippen LogP contribution in [0.2, 0.25) is 0 Å². The maximum absolute atomic E-state index is 12.5. The van der Waals surface area contributed by atoms with Crippen molar-refractivity contribution in [3.63, 3.8) is 0 Å². The van der Waals surface area contributed by atoms with Gasteiger partial charge in [0.25, 0.3) is 0 Å². The Morgan fingerprint density at radius 3 is 2.63 bits per heavy atom. The molecule has 0 fully saturated rings. The first kappa shape index (κ1) is 20.0. The molecule has 144 valence electrons. The van der Waals surface area contributed by atoms with E-state index in [2.05, 4.69) is 15.5 Å². The molecule has 10 heteroatoms. The fourth-order valence-corrected chi connectivity index (χ4v) is 1.94. The number of carboxylic acid groups (broad SMARTS) is 1. The molecule has 7 nitrogen and oxygen atoms in total. The van der Waals surface area contributed by atoms with E-state index in [4.69, 9.17) is 14.6 Å². The predicted molar refractivity (Wildman–Crippen MR) is 91.2 cm³/mol. The number of carbonyl (C=O) groups is 1. The highest BCUT2D eigenvalue weighted by molar-refractivity contribution is 5.86. The Kier molecular flexibility index (Phi) is 6.22. The van der Waals surface area contributed by atoms with E-state index >= 15 is 0 Å². The third-order valence-electron chi connectivity index (χ3n) is 3.35. The molecule has 27 heavy (non-hydrogen) atoms. The quantitative estimate of drug-likeness (QED) is 0.562. The number of carboxylic acids is 1. The van der Waals surface area contributed by atoms with Crippen molar-refractivity contribution in [2.24, 2.45) is 5.10 Å². The second-order valence-electron chi connectivity index (χ2n) is 5.28. The van der Waals surface area contributed by atoms with Crippen LogP contribution < -0.4 is 14.9 Å². The van der Waals surface area contributed by atoms with E-state index in [0.717, 1.165) is 12.1 Å². The fourth-order valence-electron chi connectivity index (χ4n) is 1.94. The van der Waals surface area contributed by atoms with Gasteiger partial charge in [0, 0.05) is 11.8 Å². The topological polar surface area (TPSA) is 93.0 Å². The zero-order valence-electron chi connectivity index (χ0n) is 14.3. The first-order chi connectivity index (χ1) is 12.7. The van der Waals surface area contributed by atoms with Crippen LogP contribution in [0.15, 0.2) is 41.6 Å². The monoisotopic (exact) mass is 383 g/mol. The summed E-state index contributed by atoms with van der Waals surface area (Å²) < 4.78 is 48.1. The Morgan fingerprint density at radius 2 is 2.07 bits per heavy atom. The summed E-state index contributed by atoms with van der Waals surface area (Å²) in [6.45, 7) is 1.36. The molecule has 2 rings (SSSR count). The molecule has 0 bridgehead atoms. The Bertz CT molecular complexity index is 823. The molecule has 0 spiro atoms. The largest absolute Gasteiger partial charge is 0.493 e. The van der Waals surface area contributed by atoms with Gasteiger partial charge in [-0.25, -0.2) is 9.78 Å². The molecule has 0 saturated carbocycles. The van der Waals surface area contributed by atoms with E-state index in [0.29, 0.717) is 17.5 Å². The molecular weight excluding hydrogens is 367 g/mol. The van der Waals surface area contributed by atoms with Crippen LogP contribution in [0.3, 0.4) is 0 Å². The van der Waals surface area contributed by atoms with Crippen molar-refractivity contribution in [3.05, 3.63) is 47.7 Å². The summed E-state index contributed by atoms with van der Waals surface area (Å²) in [7, 11) is 1.40. The van der Waals surface area contributed by atoms with Crippen molar-refractivity contribution in [2.75, 3.05) is 12.5 Å². The highest BCUT2D eigenvalue weighted by atomic mass is 19.4. The molecule has 1 atom stereocenters. The van der Waals surface area contributed by atoms with Gasteiger partial charge in [-0.05, 0) is 31.2 Å². The summed E-state index contributed by atoms with van der Waals surface area (Å²) in [5, 5.41) is 12.9. The molecule has 2 aromatic rings. The number of hydrazone groups is 1. The molecule has 0 unspecified atom stereocenters. The second kappa shape index (κ2) is 8.39. The number of benzene rings is 1. The molecular formula is C17H16F3N3O4. The van der Waals surface area contributed by atoms with Gasteiger partial charge in [0.1, 0.15) is 5.82 Å². The summed E-state index contributed by atoms with van der Waals surface area (Å²) in [5.74, 6) is -0.583. The van der Waals surface area contributed by atoms with Crippen LogP contribution in [0, 0.1) is 0 Å². The lowest BCUT2D eigenvalue weighted by atomic mass is 10.2.